The first-order chi connectivity index (χ1) is 11.2. The van der Waals surface area contributed by atoms with Crippen molar-refractivity contribution in [2.45, 2.75) is 0 Å². The van der Waals surface area contributed by atoms with Crippen molar-refractivity contribution in [3.8, 4) is 0 Å². The number of rotatable bonds is 3. The van der Waals surface area contributed by atoms with Crippen molar-refractivity contribution in [1.29, 1.82) is 0 Å². The summed E-state index contributed by atoms with van der Waals surface area (Å²) in [5, 5.41) is 15.1. The van der Waals surface area contributed by atoms with Gasteiger partial charge in [-0.15, -0.1) is 11.8 Å². The second-order valence-electron chi connectivity index (χ2n) is 5.02. The predicted octanol–water partition coefficient (Wildman–Crippen LogP) is 3.50. The van der Waals surface area contributed by atoms with Gasteiger partial charge in [-0.05, 0) is 29.0 Å². The van der Waals surface area contributed by atoms with Crippen LogP contribution in [0.4, 0.5) is 0 Å². The number of thiocarbonyl (C=S) groups is 1. The lowest BCUT2D eigenvalue weighted by atomic mass is 10.1. The molecule has 0 saturated carbocycles. The molecular formula is C19H15NOS2. The van der Waals surface area contributed by atoms with E-state index in [-0.39, 0.29) is 5.76 Å². The number of thioether (sulfide) groups is 1. The van der Waals surface area contributed by atoms with Crippen LogP contribution in [0.2, 0.25) is 0 Å². The molecule has 2 aromatic carbocycles. The van der Waals surface area contributed by atoms with E-state index in [0.29, 0.717) is 15.5 Å². The minimum atomic E-state index is -0.0646. The molecule has 0 saturated heterocycles. The van der Waals surface area contributed by atoms with Gasteiger partial charge in [0.25, 0.3) is 0 Å². The van der Waals surface area contributed by atoms with Crippen LogP contribution in [0.3, 0.4) is 0 Å². The Kier molecular flexibility index (Phi) is 4.74. The van der Waals surface area contributed by atoms with Gasteiger partial charge in [-0.2, -0.15) is 4.57 Å². The van der Waals surface area contributed by atoms with Crippen molar-refractivity contribution in [3.05, 3.63) is 78.6 Å². The summed E-state index contributed by atoms with van der Waals surface area (Å²) >= 11 is 6.85. The monoisotopic (exact) mass is 337 g/mol. The van der Waals surface area contributed by atoms with Crippen molar-refractivity contribution in [1.82, 2.24) is 0 Å². The quantitative estimate of drug-likeness (QED) is 0.317. The number of benzene rings is 2. The van der Waals surface area contributed by atoms with Crippen LogP contribution in [0, 0.1) is 0 Å². The van der Waals surface area contributed by atoms with Gasteiger partial charge in [0.05, 0.1) is 0 Å². The summed E-state index contributed by atoms with van der Waals surface area (Å²) in [6.45, 7) is 0. The molecule has 0 spiro atoms. The molecule has 1 heterocycles. The summed E-state index contributed by atoms with van der Waals surface area (Å²) in [5.74, 6) is -0.0646. The normalized spacial score (nSPS) is 12.0. The zero-order valence-corrected chi connectivity index (χ0v) is 14.2. The highest BCUT2D eigenvalue weighted by molar-refractivity contribution is 8.23. The summed E-state index contributed by atoms with van der Waals surface area (Å²) in [6, 6.07) is 19.3. The molecule has 0 fully saturated rings. The van der Waals surface area contributed by atoms with E-state index in [0.717, 1.165) is 10.8 Å². The van der Waals surface area contributed by atoms with Crippen LogP contribution in [-0.2, 0) is 0 Å². The van der Waals surface area contributed by atoms with Gasteiger partial charge >= 0.3 is 0 Å². The van der Waals surface area contributed by atoms with E-state index in [2.05, 4.69) is 0 Å². The van der Waals surface area contributed by atoms with Gasteiger partial charge in [-0.3, -0.25) is 0 Å². The van der Waals surface area contributed by atoms with Crippen molar-refractivity contribution in [3.63, 3.8) is 0 Å². The van der Waals surface area contributed by atoms with Crippen molar-refractivity contribution >= 4 is 50.4 Å². The van der Waals surface area contributed by atoms with Crippen molar-refractivity contribution in [2.75, 3.05) is 6.26 Å². The number of pyridine rings is 1. The molecule has 0 atom stereocenters. The van der Waals surface area contributed by atoms with Crippen LogP contribution in [0.15, 0.2) is 73.1 Å². The van der Waals surface area contributed by atoms with Gasteiger partial charge in [0.15, 0.2) is 12.4 Å². The Morgan fingerprint density at radius 2 is 1.61 bits per heavy atom. The average molecular weight is 337 g/mol. The summed E-state index contributed by atoms with van der Waals surface area (Å²) in [7, 11) is 0. The standard InChI is InChI=1S/C19H15NOS2/c1-23-19(22)17(18(21)15-8-3-2-4-9-15)20-12-11-14-7-5-6-10-16(14)13-20/h2-13H,1H3. The third kappa shape index (κ3) is 3.28. The smallest absolute Gasteiger partial charge is 0.228 e. The Morgan fingerprint density at radius 3 is 2.30 bits per heavy atom. The molecule has 2 nitrogen and oxygen atoms in total. The molecule has 4 heteroatoms. The van der Waals surface area contributed by atoms with E-state index in [9.17, 15) is 5.11 Å². The summed E-state index contributed by atoms with van der Waals surface area (Å²) < 4.78 is 2.41. The first-order valence-corrected chi connectivity index (χ1v) is 8.79. The Labute approximate surface area is 145 Å². The highest BCUT2D eigenvalue weighted by Gasteiger charge is 2.18. The molecule has 23 heavy (non-hydrogen) atoms. The molecule has 0 amide bonds. The highest BCUT2D eigenvalue weighted by atomic mass is 32.2. The van der Waals surface area contributed by atoms with Gasteiger partial charge in [0.1, 0.15) is 4.20 Å². The number of fused-ring (bicyclic) bond motifs is 1. The van der Waals surface area contributed by atoms with Crippen LogP contribution in [0.1, 0.15) is 5.56 Å². The fourth-order valence-corrected chi connectivity index (χ4v) is 3.00. The maximum Gasteiger partial charge on any atom is 0.228 e. The van der Waals surface area contributed by atoms with Gasteiger partial charge in [0.2, 0.25) is 5.70 Å². The lowest BCUT2D eigenvalue weighted by Crippen LogP contribution is -2.37. The van der Waals surface area contributed by atoms with E-state index < -0.39 is 0 Å². The molecule has 0 bridgehead atoms. The number of hydrogen-bond acceptors (Lipinski definition) is 3. The van der Waals surface area contributed by atoms with Gasteiger partial charge in [-0.1, -0.05) is 60.7 Å². The van der Waals surface area contributed by atoms with Crippen LogP contribution in [-0.4, -0.2) is 10.5 Å². The minimum Gasteiger partial charge on any atom is -0.868 e. The molecule has 114 valence electrons. The summed E-state index contributed by atoms with van der Waals surface area (Å²) in [6.07, 6.45) is 5.73. The fraction of sp³-hybridized carbons (Fsp3) is 0.0526. The number of nitrogens with zero attached hydrogens (tertiary/aromatic N) is 1. The minimum absolute atomic E-state index is 0.0646. The Morgan fingerprint density at radius 1 is 0.957 bits per heavy atom. The maximum atomic E-state index is 12.9. The molecule has 0 N–H and O–H groups in total. The third-order valence-electron chi connectivity index (χ3n) is 3.58. The van der Waals surface area contributed by atoms with Gasteiger partial charge in [0, 0.05) is 11.5 Å². The van der Waals surface area contributed by atoms with Crippen LogP contribution < -0.4 is 9.67 Å². The molecule has 3 aromatic rings. The van der Waals surface area contributed by atoms with E-state index in [1.165, 1.54) is 11.8 Å². The third-order valence-corrected chi connectivity index (χ3v) is 4.83. The summed E-state index contributed by atoms with van der Waals surface area (Å²) in [5.41, 5.74) is 1.16. The first kappa shape index (κ1) is 15.7. The van der Waals surface area contributed by atoms with E-state index in [1.807, 2.05) is 83.9 Å². The Hall–Kier alpha value is -2.17. The van der Waals surface area contributed by atoms with Crippen LogP contribution in [0.5, 0.6) is 0 Å². The molecule has 3 rings (SSSR count). The van der Waals surface area contributed by atoms with Crippen LogP contribution >= 0.6 is 24.0 Å². The number of aromatic nitrogens is 1. The maximum absolute atomic E-state index is 12.9. The Balaban J connectivity index is 2.21. The van der Waals surface area contributed by atoms with E-state index in [1.54, 1.807) is 0 Å². The van der Waals surface area contributed by atoms with Crippen molar-refractivity contribution in [2.24, 2.45) is 0 Å². The lowest BCUT2D eigenvalue weighted by Gasteiger charge is -2.15. The SMILES string of the molecule is CSC(=S)/C(=C(/[O-])c1ccccc1)[n+]1ccc2ccccc2c1. The van der Waals surface area contributed by atoms with Gasteiger partial charge in [-0.25, -0.2) is 0 Å². The van der Waals surface area contributed by atoms with Crippen molar-refractivity contribution < 1.29 is 9.67 Å². The predicted molar refractivity (Wildman–Crippen MR) is 99.8 cm³/mol. The molecular weight excluding hydrogens is 322 g/mol. The zero-order valence-electron chi connectivity index (χ0n) is 12.6. The number of hydrogen-bond donors (Lipinski definition) is 0. The average Bonchev–Trinajstić information content (AvgIpc) is 2.62. The highest BCUT2D eigenvalue weighted by Crippen LogP contribution is 2.20. The lowest BCUT2D eigenvalue weighted by molar-refractivity contribution is -0.575. The van der Waals surface area contributed by atoms with E-state index in [4.69, 9.17) is 12.2 Å². The molecule has 1 aromatic heterocycles. The molecule has 0 radical (unpaired) electrons. The Bertz CT molecular complexity index is 888. The first-order valence-electron chi connectivity index (χ1n) is 7.16. The van der Waals surface area contributed by atoms with Gasteiger partial charge < -0.3 is 5.11 Å². The fourth-order valence-electron chi connectivity index (χ4n) is 2.41. The molecule has 0 unspecified atom stereocenters. The molecule has 0 aliphatic rings. The molecule has 0 aliphatic heterocycles. The van der Waals surface area contributed by atoms with E-state index >= 15 is 0 Å². The van der Waals surface area contributed by atoms with Crippen LogP contribution in [0.25, 0.3) is 22.2 Å². The molecule has 0 aliphatic carbocycles. The second kappa shape index (κ2) is 6.94. The summed E-state index contributed by atoms with van der Waals surface area (Å²) in [4.78, 5) is 0. The topological polar surface area (TPSA) is 26.9 Å². The second-order valence-corrected chi connectivity index (χ2v) is 6.50. The zero-order chi connectivity index (χ0) is 16.2. The largest absolute Gasteiger partial charge is 0.868 e.